The highest BCUT2D eigenvalue weighted by molar-refractivity contribution is 5.92. The van der Waals surface area contributed by atoms with Crippen LogP contribution in [0.2, 0.25) is 0 Å². The Kier molecular flexibility index (Phi) is 5.72. The molecule has 8 nitrogen and oxygen atoms in total. The molecule has 2 heterocycles. The van der Waals surface area contributed by atoms with E-state index in [1.165, 1.54) is 0 Å². The van der Waals surface area contributed by atoms with E-state index in [-0.39, 0.29) is 37.0 Å². The Morgan fingerprint density at radius 3 is 2.62 bits per heavy atom. The number of urea groups is 1. The first-order valence-electron chi connectivity index (χ1n) is 8.98. The van der Waals surface area contributed by atoms with Crippen LogP contribution in [0.3, 0.4) is 0 Å². The number of benzene rings is 1. The molecule has 8 heteroatoms. The molecule has 2 aliphatic heterocycles. The van der Waals surface area contributed by atoms with Crippen LogP contribution in [0.1, 0.15) is 24.9 Å². The Bertz CT molecular complexity index is 676. The van der Waals surface area contributed by atoms with Crippen molar-refractivity contribution in [3.05, 3.63) is 29.8 Å². The molecule has 0 aromatic heterocycles. The van der Waals surface area contributed by atoms with Gasteiger partial charge in [-0.1, -0.05) is 12.1 Å². The van der Waals surface area contributed by atoms with Gasteiger partial charge in [0.15, 0.2) is 0 Å². The van der Waals surface area contributed by atoms with Gasteiger partial charge in [0, 0.05) is 37.9 Å². The molecule has 4 amide bonds. The highest BCUT2D eigenvalue weighted by Gasteiger charge is 2.22. The third-order valence-corrected chi connectivity index (χ3v) is 4.74. The van der Waals surface area contributed by atoms with Crippen LogP contribution in [0, 0.1) is 0 Å². The Morgan fingerprint density at radius 2 is 1.92 bits per heavy atom. The summed E-state index contributed by atoms with van der Waals surface area (Å²) in [5.74, 6) is -0.191. The number of nitrogens with zero attached hydrogens (tertiary/aromatic N) is 2. The van der Waals surface area contributed by atoms with Crippen molar-refractivity contribution in [2.24, 2.45) is 0 Å². The molecule has 2 aliphatic rings. The Labute approximate surface area is 152 Å². The maximum atomic E-state index is 12.2. The Hall–Kier alpha value is -2.61. The molecular weight excluding hydrogens is 334 g/mol. The molecule has 1 atom stereocenters. The van der Waals surface area contributed by atoms with E-state index in [9.17, 15) is 14.4 Å². The summed E-state index contributed by atoms with van der Waals surface area (Å²) >= 11 is 0. The molecule has 2 fully saturated rings. The van der Waals surface area contributed by atoms with Crippen molar-refractivity contribution >= 4 is 23.5 Å². The summed E-state index contributed by atoms with van der Waals surface area (Å²) in [6, 6.07) is 7.71. The van der Waals surface area contributed by atoms with Crippen molar-refractivity contribution in [1.82, 2.24) is 20.9 Å². The van der Waals surface area contributed by atoms with Gasteiger partial charge in [0.25, 0.3) is 0 Å². The van der Waals surface area contributed by atoms with Gasteiger partial charge in [-0.15, -0.1) is 0 Å². The van der Waals surface area contributed by atoms with Gasteiger partial charge in [-0.3, -0.25) is 14.5 Å². The lowest BCUT2D eigenvalue weighted by molar-refractivity contribution is -0.137. The third-order valence-electron chi connectivity index (χ3n) is 4.74. The second-order valence-corrected chi connectivity index (χ2v) is 6.60. The first-order valence-corrected chi connectivity index (χ1v) is 8.98. The smallest absolute Gasteiger partial charge is 0.321 e. The number of carbonyl (C=O) groups is 3. The van der Waals surface area contributed by atoms with Gasteiger partial charge in [0.1, 0.15) is 0 Å². The van der Waals surface area contributed by atoms with Crippen molar-refractivity contribution < 1.29 is 14.4 Å². The quantitative estimate of drug-likeness (QED) is 0.701. The maximum Gasteiger partial charge on any atom is 0.321 e. The third kappa shape index (κ3) is 4.32. The summed E-state index contributed by atoms with van der Waals surface area (Å²) in [7, 11) is 0. The van der Waals surface area contributed by atoms with E-state index in [0.29, 0.717) is 13.1 Å². The van der Waals surface area contributed by atoms with Crippen LogP contribution in [0.25, 0.3) is 0 Å². The second kappa shape index (κ2) is 8.18. The Morgan fingerprint density at radius 1 is 1.15 bits per heavy atom. The lowest BCUT2D eigenvalue weighted by atomic mass is 10.1. The van der Waals surface area contributed by atoms with Crippen LogP contribution in [-0.4, -0.2) is 62.0 Å². The predicted molar refractivity (Wildman–Crippen MR) is 97.8 cm³/mol. The molecule has 0 aliphatic carbocycles. The summed E-state index contributed by atoms with van der Waals surface area (Å²) < 4.78 is 0. The van der Waals surface area contributed by atoms with E-state index in [4.69, 9.17) is 0 Å². The zero-order valence-corrected chi connectivity index (χ0v) is 15.0. The van der Waals surface area contributed by atoms with E-state index >= 15 is 0 Å². The van der Waals surface area contributed by atoms with E-state index in [2.05, 4.69) is 16.0 Å². The number of amides is 4. The average molecular weight is 359 g/mol. The fraction of sp³-hybridized carbons (Fsp3) is 0.500. The van der Waals surface area contributed by atoms with Gasteiger partial charge in [0.2, 0.25) is 11.8 Å². The molecule has 0 radical (unpaired) electrons. The minimum Gasteiger partial charge on any atom is -0.353 e. The molecule has 0 spiro atoms. The molecule has 1 aromatic carbocycles. The standard InChI is InChI=1S/C18H25N5O3/c1-13(21-11-17(25)22-10-8-19-16(24)12-22)14-3-5-15(6-4-14)23-9-2-7-20-18(23)26/h3-6,13,21H,2,7-12H2,1H3,(H,19,24)(H,20,26). The van der Waals surface area contributed by atoms with Crippen LogP contribution in [-0.2, 0) is 9.59 Å². The minimum absolute atomic E-state index is 0.0122. The van der Waals surface area contributed by atoms with E-state index in [1.807, 2.05) is 31.2 Å². The predicted octanol–water partition coefficient (Wildman–Crippen LogP) is 0.215. The number of piperazine rings is 1. The minimum atomic E-state index is -0.116. The van der Waals surface area contributed by atoms with Gasteiger partial charge < -0.3 is 20.9 Å². The first-order chi connectivity index (χ1) is 12.5. The number of carbonyl (C=O) groups excluding carboxylic acids is 3. The molecule has 2 saturated heterocycles. The largest absolute Gasteiger partial charge is 0.353 e. The molecule has 26 heavy (non-hydrogen) atoms. The fourth-order valence-electron chi connectivity index (χ4n) is 3.14. The summed E-state index contributed by atoms with van der Waals surface area (Å²) in [4.78, 5) is 38.8. The molecular formula is C18H25N5O3. The first kappa shape index (κ1) is 18.2. The summed E-state index contributed by atoms with van der Waals surface area (Å²) in [6.07, 6.45) is 0.933. The number of hydrogen-bond acceptors (Lipinski definition) is 4. The average Bonchev–Trinajstić information content (AvgIpc) is 2.66. The lowest BCUT2D eigenvalue weighted by Crippen LogP contribution is -2.52. The zero-order valence-electron chi connectivity index (χ0n) is 15.0. The summed E-state index contributed by atoms with van der Waals surface area (Å²) in [6.45, 7) is 4.79. The van der Waals surface area contributed by atoms with Crippen LogP contribution >= 0.6 is 0 Å². The van der Waals surface area contributed by atoms with Gasteiger partial charge in [-0.25, -0.2) is 4.79 Å². The summed E-state index contributed by atoms with van der Waals surface area (Å²) in [5.41, 5.74) is 1.91. The normalized spacial score (nSPS) is 19.0. The second-order valence-electron chi connectivity index (χ2n) is 6.60. The highest BCUT2D eigenvalue weighted by Crippen LogP contribution is 2.20. The molecule has 0 bridgehead atoms. The molecule has 1 unspecified atom stereocenters. The van der Waals surface area contributed by atoms with Crippen LogP contribution < -0.4 is 20.9 Å². The fourth-order valence-corrected chi connectivity index (χ4v) is 3.14. The number of anilines is 1. The van der Waals surface area contributed by atoms with Crippen molar-refractivity contribution in [3.8, 4) is 0 Å². The molecule has 3 N–H and O–H groups in total. The van der Waals surface area contributed by atoms with E-state index in [0.717, 1.165) is 30.8 Å². The van der Waals surface area contributed by atoms with Gasteiger partial charge >= 0.3 is 6.03 Å². The Balaban J connectivity index is 1.53. The van der Waals surface area contributed by atoms with Crippen LogP contribution in [0.5, 0.6) is 0 Å². The topological polar surface area (TPSA) is 93.8 Å². The summed E-state index contributed by atoms with van der Waals surface area (Å²) in [5, 5.41) is 8.75. The maximum absolute atomic E-state index is 12.2. The molecule has 0 saturated carbocycles. The molecule has 1 aromatic rings. The van der Waals surface area contributed by atoms with Crippen molar-refractivity contribution in [1.29, 1.82) is 0 Å². The van der Waals surface area contributed by atoms with Gasteiger partial charge in [0.05, 0.1) is 13.1 Å². The monoisotopic (exact) mass is 359 g/mol. The van der Waals surface area contributed by atoms with Gasteiger partial charge in [-0.05, 0) is 31.0 Å². The van der Waals surface area contributed by atoms with Gasteiger partial charge in [-0.2, -0.15) is 0 Å². The van der Waals surface area contributed by atoms with E-state index < -0.39 is 0 Å². The highest BCUT2D eigenvalue weighted by atomic mass is 16.2. The van der Waals surface area contributed by atoms with Crippen LogP contribution in [0.15, 0.2) is 24.3 Å². The van der Waals surface area contributed by atoms with E-state index in [1.54, 1.807) is 9.80 Å². The zero-order chi connectivity index (χ0) is 18.5. The lowest BCUT2D eigenvalue weighted by Gasteiger charge is -2.28. The van der Waals surface area contributed by atoms with Crippen molar-refractivity contribution in [3.63, 3.8) is 0 Å². The molecule has 3 rings (SSSR count). The van der Waals surface area contributed by atoms with Crippen LogP contribution in [0.4, 0.5) is 10.5 Å². The molecule has 140 valence electrons. The number of nitrogens with one attached hydrogen (secondary N) is 3. The number of rotatable bonds is 5. The van der Waals surface area contributed by atoms with Crippen molar-refractivity contribution in [2.75, 3.05) is 44.2 Å². The number of hydrogen-bond donors (Lipinski definition) is 3. The van der Waals surface area contributed by atoms with Crippen molar-refractivity contribution in [2.45, 2.75) is 19.4 Å². The SMILES string of the molecule is CC(NCC(=O)N1CCNC(=O)C1)c1ccc(N2CCCNC2=O)cc1.